The van der Waals surface area contributed by atoms with Crippen molar-refractivity contribution in [1.29, 1.82) is 0 Å². The molecule has 0 radical (unpaired) electrons. The van der Waals surface area contributed by atoms with Crippen molar-refractivity contribution in [3.63, 3.8) is 0 Å². The number of aryl methyl sites for hydroxylation is 1. The van der Waals surface area contributed by atoms with Crippen molar-refractivity contribution in [3.8, 4) is 0 Å². The van der Waals surface area contributed by atoms with Gasteiger partial charge in [-0.2, -0.15) is 5.10 Å². The normalized spacial score (nSPS) is 14.5. The summed E-state index contributed by atoms with van der Waals surface area (Å²) in [6, 6.07) is 9.82. The Balaban J connectivity index is 1.27. The molecule has 3 aromatic heterocycles. The van der Waals surface area contributed by atoms with E-state index in [0.29, 0.717) is 22.9 Å². The molecule has 1 aliphatic rings. The molecule has 0 spiro atoms. The molecule has 1 aromatic carbocycles. The van der Waals surface area contributed by atoms with Crippen LogP contribution in [-0.4, -0.2) is 62.3 Å². The number of anilines is 3. The lowest BCUT2D eigenvalue weighted by atomic mass is 10.2. The Morgan fingerprint density at radius 1 is 1.19 bits per heavy atom. The summed E-state index contributed by atoms with van der Waals surface area (Å²) in [7, 11) is 0. The van der Waals surface area contributed by atoms with Crippen LogP contribution < -0.4 is 10.6 Å². The van der Waals surface area contributed by atoms with Crippen LogP contribution in [0.15, 0.2) is 42.9 Å². The Bertz CT molecular complexity index is 1220. The van der Waals surface area contributed by atoms with Gasteiger partial charge in [0, 0.05) is 31.0 Å². The molecule has 10 nitrogen and oxygen atoms in total. The third-order valence-corrected chi connectivity index (χ3v) is 5.39. The molecule has 32 heavy (non-hydrogen) atoms. The molecule has 0 bridgehead atoms. The van der Waals surface area contributed by atoms with Crippen molar-refractivity contribution in [3.05, 3.63) is 59.8 Å². The molecule has 5 rings (SSSR count). The lowest BCUT2D eigenvalue weighted by Crippen LogP contribution is -2.35. The van der Waals surface area contributed by atoms with E-state index in [1.165, 1.54) is 11.9 Å². The van der Waals surface area contributed by atoms with Gasteiger partial charge < -0.3 is 20.4 Å². The van der Waals surface area contributed by atoms with Gasteiger partial charge in [-0.3, -0.25) is 14.8 Å². The van der Waals surface area contributed by atoms with Gasteiger partial charge in [0.05, 0.1) is 30.6 Å². The summed E-state index contributed by atoms with van der Waals surface area (Å²) in [6.45, 7) is 6.26. The number of rotatable bonds is 6. The Hall–Kier alpha value is -3.76. The van der Waals surface area contributed by atoms with Gasteiger partial charge in [0.25, 0.3) is 5.91 Å². The number of H-pyrrole nitrogens is 2. The molecule has 1 amide bonds. The van der Waals surface area contributed by atoms with E-state index in [4.69, 9.17) is 4.74 Å². The molecule has 0 atom stereocenters. The first kappa shape index (κ1) is 20.2. The zero-order valence-electron chi connectivity index (χ0n) is 17.7. The van der Waals surface area contributed by atoms with Gasteiger partial charge in [-0.25, -0.2) is 9.97 Å². The standard InChI is InChI=1S/C22H24N8O2/c1-14-10-17-19(26-14)21(24-13-23-17)28-18-11-25-29-20(18)22(31)27-16-4-2-15(3-5-16)12-30-6-8-32-9-7-30/h2-5,10-11,13,26H,6-9,12H2,1H3,(H,25,29)(H,27,31)(H,23,24,28). The molecule has 1 aliphatic heterocycles. The van der Waals surface area contributed by atoms with Crippen LogP contribution >= 0.6 is 0 Å². The summed E-state index contributed by atoms with van der Waals surface area (Å²) in [5.41, 5.74) is 5.30. The van der Waals surface area contributed by atoms with Crippen LogP contribution in [0.2, 0.25) is 0 Å². The number of morpholine rings is 1. The van der Waals surface area contributed by atoms with E-state index in [-0.39, 0.29) is 5.91 Å². The molecule has 1 saturated heterocycles. The highest BCUT2D eigenvalue weighted by Gasteiger charge is 2.17. The van der Waals surface area contributed by atoms with Crippen molar-refractivity contribution in [2.45, 2.75) is 13.5 Å². The number of nitrogens with zero attached hydrogens (tertiary/aromatic N) is 4. The van der Waals surface area contributed by atoms with Crippen molar-refractivity contribution in [2.24, 2.45) is 0 Å². The molecule has 0 unspecified atom stereocenters. The number of hydrogen-bond donors (Lipinski definition) is 4. The predicted octanol–water partition coefficient (Wildman–Crippen LogP) is 2.82. The van der Waals surface area contributed by atoms with Crippen LogP contribution in [0.1, 0.15) is 21.7 Å². The summed E-state index contributed by atoms with van der Waals surface area (Å²) in [5.74, 6) is 0.282. The Morgan fingerprint density at radius 3 is 2.81 bits per heavy atom. The van der Waals surface area contributed by atoms with Gasteiger partial charge in [0.2, 0.25) is 0 Å². The molecule has 4 heterocycles. The van der Waals surface area contributed by atoms with Crippen LogP contribution in [-0.2, 0) is 11.3 Å². The smallest absolute Gasteiger partial charge is 0.275 e. The fourth-order valence-corrected chi connectivity index (χ4v) is 3.75. The third kappa shape index (κ3) is 4.32. The summed E-state index contributed by atoms with van der Waals surface area (Å²) in [4.78, 5) is 27.0. The molecule has 0 aliphatic carbocycles. The zero-order valence-corrected chi connectivity index (χ0v) is 17.7. The highest BCUT2D eigenvalue weighted by Crippen LogP contribution is 2.24. The lowest BCUT2D eigenvalue weighted by molar-refractivity contribution is 0.0342. The Labute approximate surface area is 184 Å². The number of ether oxygens (including phenoxy) is 1. The van der Waals surface area contributed by atoms with Crippen LogP contribution in [0.5, 0.6) is 0 Å². The van der Waals surface area contributed by atoms with Gasteiger partial charge >= 0.3 is 0 Å². The van der Waals surface area contributed by atoms with Gasteiger partial charge in [0.15, 0.2) is 5.82 Å². The van der Waals surface area contributed by atoms with Crippen LogP contribution in [0.25, 0.3) is 11.0 Å². The number of fused-ring (bicyclic) bond motifs is 1. The molecule has 1 fully saturated rings. The van der Waals surface area contributed by atoms with Gasteiger partial charge in [-0.15, -0.1) is 0 Å². The van der Waals surface area contributed by atoms with E-state index < -0.39 is 0 Å². The van der Waals surface area contributed by atoms with E-state index >= 15 is 0 Å². The maximum Gasteiger partial charge on any atom is 0.275 e. The van der Waals surface area contributed by atoms with Crippen molar-refractivity contribution < 1.29 is 9.53 Å². The van der Waals surface area contributed by atoms with Gasteiger partial charge in [-0.1, -0.05) is 12.1 Å². The predicted molar refractivity (Wildman–Crippen MR) is 121 cm³/mol. The average Bonchev–Trinajstić information content (AvgIpc) is 3.42. The van der Waals surface area contributed by atoms with E-state index in [9.17, 15) is 4.79 Å². The van der Waals surface area contributed by atoms with Crippen molar-refractivity contribution in [1.82, 2.24) is 30.0 Å². The van der Waals surface area contributed by atoms with E-state index in [2.05, 4.69) is 40.7 Å². The fourth-order valence-electron chi connectivity index (χ4n) is 3.75. The number of aromatic nitrogens is 5. The molecule has 164 valence electrons. The Kier molecular flexibility index (Phi) is 5.53. The van der Waals surface area contributed by atoms with Gasteiger partial charge in [-0.05, 0) is 30.7 Å². The third-order valence-electron chi connectivity index (χ3n) is 5.39. The monoisotopic (exact) mass is 432 g/mol. The van der Waals surface area contributed by atoms with E-state index in [0.717, 1.165) is 49.6 Å². The first-order valence-electron chi connectivity index (χ1n) is 10.5. The number of hydrogen-bond acceptors (Lipinski definition) is 7. The number of carbonyl (C=O) groups excluding carboxylic acids is 1. The second-order valence-electron chi connectivity index (χ2n) is 7.76. The molecular formula is C22H24N8O2. The summed E-state index contributed by atoms with van der Waals surface area (Å²) >= 11 is 0. The van der Waals surface area contributed by atoms with Crippen molar-refractivity contribution >= 4 is 34.1 Å². The molecule has 4 aromatic rings. The van der Waals surface area contributed by atoms with Gasteiger partial charge in [0.1, 0.15) is 17.5 Å². The topological polar surface area (TPSA) is 124 Å². The second kappa shape index (κ2) is 8.77. The lowest BCUT2D eigenvalue weighted by Gasteiger charge is -2.26. The second-order valence-corrected chi connectivity index (χ2v) is 7.76. The Morgan fingerprint density at radius 2 is 2.00 bits per heavy atom. The summed E-state index contributed by atoms with van der Waals surface area (Å²) in [5, 5.41) is 12.9. The molecule has 4 N–H and O–H groups in total. The zero-order chi connectivity index (χ0) is 21.9. The molecular weight excluding hydrogens is 408 g/mol. The highest BCUT2D eigenvalue weighted by atomic mass is 16.5. The van der Waals surface area contributed by atoms with E-state index in [1.54, 1.807) is 6.20 Å². The maximum absolute atomic E-state index is 12.9. The van der Waals surface area contributed by atoms with Crippen LogP contribution in [0, 0.1) is 6.92 Å². The number of carbonyl (C=O) groups is 1. The minimum Gasteiger partial charge on any atom is -0.379 e. The summed E-state index contributed by atoms with van der Waals surface area (Å²) < 4.78 is 5.39. The number of amides is 1. The van der Waals surface area contributed by atoms with Crippen LogP contribution in [0.3, 0.4) is 0 Å². The quantitative estimate of drug-likeness (QED) is 0.369. The fraction of sp³-hybridized carbons (Fsp3) is 0.273. The highest BCUT2D eigenvalue weighted by molar-refractivity contribution is 6.07. The van der Waals surface area contributed by atoms with Crippen molar-refractivity contribution in [2.75, 3.05) is 36.9 Å². The minimum absolute atomic E-state index is 0.293. The van der Waals surface area contributed by atoms with E-state index in [1.807, 2.05) is 37.3 Å². The molecule has 0 saturated carbocycles. The van der Waals surface area contributed by atoms with Crippen LogP contribution in [0.4, 0.5) is 17.2 Å². The number of nitrogens with one attached hydrogen (secondary N) is 4. The molecule has 10 heteroatoms. The first-order valence-corrected chi connectivity index (χ1v) is 10.5. The largest absolute Gasteiger partial charge is 0.379 e. The maximum atomic E-state index is 12.9. The first-order chi connectivity index (χ1) is 15.7. The minimum atomic E-state index is -0.293. The number of benzene rings is 1. The SMILES string of the molecule is Cc1cc2ncnc(Nc3cn[nH]c3C(=O)Nc3ccc(CN4CCOCC4)cc3)c2[nH]1. The summed E-state index contributed by atoms with van der Waals surface area (Å²) in [6.07, 6.45) is 3.04. The number of aromatic amines is 2. The average molecular weight is 432 g/mol.